The smallest absolute Gasteiger partial charge is 0.131 e. The molecule has 0 saturated carbocycles. The first-order valence-corrected chi connectivity index (χ1v) is 6.97. The first-order valence-electron chi connectivity index (χ1n) is 6.97. The maximum Gasteiger partial charge on any atom is 0.131 e. The molecule has 0 amide bonds. The number of nitrogens with zero attached hydrogens (tertiary/aromatic N) is 3. The normalized spacial score (nSPS) is 10.6. The summed E-state index contributed by atoms with van der Waals surface area (Å²) in [5.74, 6) is 1.03. The molecule has 0 aliphatic carbocycles. The largest absolute Gasteiger partial charge is 0.355 e. The van der Waals surface area contributed by atoms with Crippen LogP contribution in [0.15, 0.2) is 36.8 Å². The van der Waals surface area contributed by atoms with E-state index in [1.165, 1.54) is 16.7 Å². The number of rotatable bonds is 6. The van der Waals surface area contributed by atoms with Crippen LogP contribution in [0, 0.1) is 6.92 Å². The predicted molar refractivity (Wildman–Crippen MR) is 82.7 cm³/mol. The van der Waals surface area contributed by atoms with E-state index in [-0.39, 0.29) is 0 Å². The number of anilines is 1. The van der Waals surface area contributed by atoms with Crippen LogP contribution in [0.4, 0.5) is 5.82 Å². The van der Waals surface area contributed by atoms with Crippen LogP contribution in [0.25, 0.3) is 0 Å². The second-order valence-corrected chi connectivity index (χ2v) is 4.98. The Bertz CT molecular complexity index is 539. The van der Waals surface area contributed by atoms with Gasteiger partial charge in [-0.3, -0.25) is 4.98 Å². The zero-order valence-electron chi connectivity index (χ0n) is 12.4. The minimum atomic E-state index is 0.836. The zero-order chi connectivity index (χ0) is 14.4. The van der Waals surface area contributed by atoms with Crippen LogP contribution >= 0.6 is 0 Å². The first kappa shape index (κ1) is 14.5. The summed E-state index contributed by atoms with van der Waals surface area (Å²) in [7, 11) is 2.07. The van der Waals surface area contributed by atoms with Gasteiger partial charge in [-0.2, -0.15) is 0 Å². The number of pyridine rings is 2. The van der Waals surface area contributed by atoms with Crippen molar-refractivity contribution in [2.45, 2.75) is 26.9 Å². The van der Waals surface area contributed by atoms with Crippen molar-refractivity contribution < 1.29 is 0 Å². The first-order chi connectivity index (χ1) is 9.70. The Hall–Kier alpha value is -1.94. The zero-order valence-corrected chi connectivity index (χ0v) is 12.4. The predicted octanol–water partition coefficient (Wildman–Crippen LogP) is 2.53. The van der Waals surface area contributed by atoms with E-state index in [0.29, 0.717) is 0 Å². The number of nitrogens with one attached hydrogen (secondary N) is 1. The van der Waals surface area contributed by atoms with Gasteiger partial charge < -0.3 is 10.2 Å². The molecule has 2 heterocycles. The molecule has 106 valence electrons. The molecule has 0 aromatic carbocycles. The van der Waals surface area contributed by atoms with Crippen molar-refractivity contribution in [2.75, 3.05) is 18.5 Å². The molecule has 0 unspecified atom stereocenters. The summed E-state index contributed by atoms with van der Waals surface area (Å²) in [5.41, 5.74) is 3.67. The van der Waals surface area contributed by atoms with Crippen molar-refractivity contribution in [1.82, 2.24) is 15.3 Å². The minimum absolute atomic E-state index is 0.836. The summed E-state index contributed by atoms with van der Waals surface area (Å²) >= 11 is 0. The van der Waals surface area contributed by atoms with Crippen LogP contribution in [-0.2, 0) is 13.1 Å². The molecule has 0 saturated heterocycles. The van der Waals surface area contributed by atoms with Crippen molar-refractivity contribution >= 4 is 5.82 Å². The van der Waals surface area contributed by atoms with Gasteiger partial charge in [-0.25, -0.2) is 4.98 Å². The highest BCUT2D eigenvalue weighted by Gasteiger charge is 2.07. The highest BCUT2D eigenvalue weighted by molar-refractivity contribution is 5.47. The Labute approximate surface area is 120 Å². The van der Waals surface area contributed by atoms with Gasteiger partial charge in [0.2, 0.25) is 0 Å². The van der Waals surface area contributed by atoms with Gasteiger partial charge in [0.1, 0.15) is 5.82 Å². The van der Waals surface area contributed by atoms with Crippen LogP contribution in [0.5, 0.6) is 0 Å². The lowest BCUT2D eigenvalue weighted by Crippen LogP contribution is -2.19. The average Bonchev–Trinajstić information content (AvgIpc) is 2.46. The third kappa shape index (κ3) is 3.78. The van der Waals surface area contributed by atoms with Crippen LogP contribution in [-0.4, -0.2) is 23.6 Å². The van der Waals surface area contributed by atoms with Gasteiger partial charge in [-0.05, 0) is 48.4 Å². The lowest BCUT2D eigenvalue weighted by atomic mass is 10.2. The monoisotopic (exact) mass is 270 g/mol. The third-order valence-corrected chi connectivity index (χ3v) is 3.22. The van der Waals surface area contributed by atoms with E-state index in [2.05, 4.69) is 47.1 Å². The van der Waals surface area contributed by atoms with Gasteiger partial charge in [0, 0.05) is 38.7 Å². The fourth-order valence-electron chi connectivity index (χ4n) is 2.23. The van der Waals surface area contributed by atoms with Crippen molar-refractivity contribution in [1.29, 1.82) is 0 Å². The number of hydrogen-bond donors (Lipinski definition) is 1. The van der Waals surface area contributed by atoms with Crippen LogP contribution in [0.2, 0.25) is 0 Å². The topological polar surface area (TPSA) is 41.1 Å². The molecule has 0 aliphatic heterocycles. The second kappa shape index (κ2) is 7.01. The Balaban J connectivity index is 2.08. The van der Waals surface area contributed by atoms with E-state index < -0.39 is 0 Å². The highest BCUT2D eigenvalue weighted by atomic mass is 15.2. The highest BCUT2D eigenvalue weighted by Crippen LogP contribution is 2.18. The fraction of sp³-hybridized carbons (Fsp3) is 0.375. The Morgan fingerprint density at radius 1 is 1.20 bits per heavy atom. The Morgan fingerprint density at radius 3 is 2.60 bits per heavy atom. The van der Waals surface area contributed by atoms with E-state index in [4.69, 9.17) is 0 Å². The van der Waals surface area contributed by atoms with Gasteiger partial charge in [-0.15, -0.1) is 0 Å². The van der Waals surface area contributed by atoms with E-state index in [0.717, 1.165) is 25.5 Å². The summed E-state index contributed by atoms with van der Waals surface area (Å²) in [5, 5.41) is 3.32. The van der Waals surface area contributed by atoms with Gasteiger partial charge >= 0.3 is 0 Å². The number of aromatic nitrogens is 2. The summed E-state index contributed by atoms with van der Waals surface area (Å²) in [6.45, 7) is 6.91. The minimum Gasteiger partial charge on any atom is -0.355 e. The van der Waals surface area contributed by atoms with E-state index in [9.17, 15) is 0 Å². The average molecular weight is 270 g/mol. The third-order valence-electron chi connectivity index (χ3n) is 3.22. The van der Waals surface area contributed by atoms with Crippen molar-refractivity contribution in [2.24, 2.45) is 0 Å². The van der Waals surface area contributed by atoms with E-state index in [1.54, 1.807) is 0 Å². The molecule has 0 radical (unpaired) electrons. The van der Waals surface area contributed by atoms with Gasteiger partial charge in [-0.1, -0.05) is 6.92 Å². The molecule has 0 atom stereocenters. The Morgan fingerprint density at radius 2 is 1.95 bits per heavy atom. The molecule has 0 bridgehead atoms. The molecule has 20 heavy (non-hydrogen) atoms. The van der Waals surface area contributed by atoms with Crippen molar-refractivity contribution in [3.05, 3.63) is 53.5 Å². The summed E-state index contributed by atoms with van der Waals surface area (Å²) in [6.07, 6.45) is 5.60. The summed E-state index contributed by atoms with van der Waals surface area (Å²) < 4.78 is 0. The lowest BCUT2D eigenvalue weighted by molar-refractivity contribution is 0.723. The summed E-state index contributed by atoms with van der Waals surface area (Å²) in [4.78, 5) is 10.8. The van der Waals surface area contributed by atoms with Crippen LogP contribution < -0.4 is 10.2 Å². The van der Waals surface area contributed by atoms with Crippen molar-refractivity contribution in [3.63, 3.8) is 0 Å². The molecule has 4 nitrogen and oxygen atoms in total. The molecule has 4 heteroatoms. The maximum absolute atomic E-state index is 4.60. The van der Waals surface area contributed by atoms with Crippen molar-refractivity contribution in [3.8, 4) is 0 Å². The van der Waals surface area contributed by atoms with Crippen LogP contribution in [0.3, 0.4) is 0 Å². The molecule has 2 aromatic heterocycles. The number of hydrogen-bond acceptors (Lipinski definition) is 4. The molecular formula is C16H22N4. The molecule has 2 aromatic rings. The second-order valence-electron chi connectivity index (χ2n) is 4.98. The standard InChI is InChI=1S/C16H22N4/c1-4-17-10-15-9-13(2)16(19-11-15)20(3)12-14-5-7-18-8-6-14/h5-9,11,17H,4,10,12H2,1-3H3. The SMILES string of the molecule is CCNCc1cnc(N(C)Cc2ccncc2)c(C)c1. The molecule has 0 spiro atoms. The van der Waals surface area contributed by atoms with Gasteiger partial charge in [0.15, 0.2) is 0 Å². The molecule has 1 N–H and O–H groups in total. The fourth-order valence-corrected chi connectivity index (χ4v) is 2.23. The van der Waals surface area contributed by atoms with Crippen LogP contribution in [0.1, 0.15) is 23.6 Å². The maximum atomic E-state index is 4.60. The molecular weight excluding hydrogens is 248 g/mol. The molecule has 0 aliphatic rings. The summed E-state index contributed by atoms with van der Waals surface area (Å²) in [6, 6.07) is 6.27. The quantitative estimate of drug-likeness (QED) is 0.876. The van der Waals surface area contributed by atoms with E-state index in [1.807, 2.05) is 30.7 Å². The van der Waals surface area contributed by atoms with E-state index >= 15 is 0 Å². The van der Waals surface area contributed by atoms with Gasteiger partial charge in [0.25, 0.3) is 0 Å². The Kier molecular flexibility index (Phi) is 5.07. The lowest BCUT2D eigenvalue weighted by Gasteiger charge is -2.20. The van der Waals surface area contributed by atoms with Gasteiger partial charge in [0.05, 0.1) is 0 Å². The molecule has 2 rings (SSSR count). The number of aryl methyl sites for hydroxylation is 1. The molecule has 0 fully saturated rings.